The summed E-state index contributed by atoms with van der Waals surface area (Å²) < 4.78 is 0. The summed E-state index contributed by atoms with van der Waals surface area (Å²) in [6.45, 7) is 3.88. The molecule has 3 rings (SSSR count). The Hall–Kier alpha value is -1.39. The predicted molar refractivity (Wildman–Crippen MR) is 97.7 cm³/mol. The molecule has 132 valence electrons. The lowest BCUT2D eigenvalue weighted by molar-refractivity contribution is -0.130. The average molecular weight is 329 g/mol. The Morgan fingerprint density at radius 2 is 1.83 bits per heavy atom. The molecule has 4 nitrogen and oxygen atoms in total. The SMILES string of the molecule is CN(Cc1ccccc1)C(=O)CCN1C[C@H](C2CC2)[C@@H](N(C)C)C1. The number of likely N-dealkylation sites (tertiary alicyclic amines) is 1. The number of benzene rings is 1. The standard InChI is InChI=1S/C20H31N3O/c1-21(2)19-15-23(14-18(19)17-9-10-17)12-11-20(24)22(3)13-16-7-5-4-6-8-16/h4-8,17-19H,9-15H2,1-3H3/t18-,19+/m1/s1. The van der Waals surface area contributed by atoms with E-state index in [2.05, 4.69) is 36.0 Å². The minimum absolute atomic E-state index is 0.245. The van der Waals surface area contributed by atoms with Crippen molar-refractivity contribution in [2.45, 2.75) is 31.8 Å². The molecule has 1 aromatic carbocycles. The quantitative estimate of drug-likeness (QED) is 0.768. The lowest BCUT2D eigenvalue weighted by atomic mass is 9.97. The zero-order valence-electron chi connectivity index (χ0n) is 15.3. The third kappa shape index (κ3) is 4.37. The summed E-state index contributed by atoms with van der Waals surface area (Å²) in [5.41, 5.74) is 1.19. The molecular formula is C20H31N3O. The maximum atomic E-state index is 12.4. The fraction of sp³-hybridized carbons (Fsp3) is 0.650. The van der Waals surface area contributed by atoms with E-state index in [1.54, 1.807) is 0 Å². The molecule has 2 atom stereocenters. The van der Waals surface area contributed by atoms with Gasteiger partial charge in [0.15, 0.2) is 0 Å². The maximum absolute atomic E-state index is 12.4. The maximum Gasteiger partial charge on any atom is 0.223 e. The largest absolute Gasteiger partial charge is 0.341 e. The second kappa shape index (κ2) is 7.66. The van der Waals surface area contributed by atoms with Crippen molar-refractivity contribution in [1.29, 1.82) is 0 Å². The van der Waals surface area contributed by atoms with Crippen LogP contribution in [0.2, 0.25) is 0 Å². The number of nitrogens with zero attached hydrogens (tertiary/aromatic N) is 3. The summed E-state index contributed by atoms with van der Waals surface area (Å²) in [5.74, 6) is 1.98. The Labute approximate surface area is 146 Å². The lowest BCUT2D eigenvalue weighted by Gasteiger charge is -2.25. The van der Waals surface area contributed by atoms with Gasteiger partial charge in [0.1, 0.15) is 0 Å². The fourth-order valence-corrected chi connectivity index (χ4v) is 4.00. The first kappa shape index (κ1) is 17.4. The highest BCUT2D eigenvalue weighted by molar-refractivity contribution is 5.76. The second-order valence-electron chi connectivity index (χ2n) is 7.78. The van der Waals surface area contributed by atoms with E-state index >= 15 is 0 Å². The van der Waals surface area contributed by atoms with Crippen molar-refractivity contribution in [3.05, 3.63) is 35.9 Å². The molecule has 0 aromatic heterocycles. The van der Waals surface area contributed by atoms with Crippen LogP contribution in [0.15, 0.2) is 30.3 Å². The minimum atomic E-state index is 0.245. The van der Waals surface area contributed by atoms with Crippen LogP contribution >= 0.6 is 0 Å². The Morgan fingerprint density at radius 1 is 1.12 bits per heavy atom. The van der Waals surface area contributed by atoms with Crippen LogP contribution in [0.4, 0.5) is 0 Å². The van der Waals surface area contributed by atoms with Crippen LogP contribution in [0.5, 0.6) is 0 Å². The van der Waals surface area contributed by atoms with Crippen molar-refractivity contribution in [2.75, 3.05) is 40.8 Å². The number of carbonyl (C=O) groups excluding carboxylic acids is 1. The summed E-state index contributed by atoms with van der Waals surface area (Å²) in [6, 6.07) is 10.9. The monoisotopic (exact) mass is 329 g/mol. The van der Waals surface area contributed by atoms with Gasteiger partial charge in [-0.2, -0.15) is 0 Å². The van der Waals surface area contributed by atoms with Crippen molar-refractivity contribution >= 4 is 5.91 Å². The van der Waals surface area contributed by atoms with Crippen LogP contribution in [0.25, 0.3) is 0 Å². The van der Waals surface area contributed by atoms with E-state index in [1.165, 1.54) is 24.9 Å². The fourth-order valence-electron chi connectivity index (χ4n) is 4.00. The number of amides is 1. The zero-order chi connectivity index (χ0) is 17.1. The zero-order valence-corrected chi connectivity index (χ0v) is 15.3. The normalized spacial score (nSPS) is 24.5. The molecule has 0 radical (unpaired) electrons. The number of likely N-dealkylation sites (N-methyl/N-ethyl adjacent to an activating group) is 1. The number of carbonyl (C=O) groups is 1. The van der Waals surface area contributed by atoms with E-state index in [-0.39, 0.29) is 5.91 Å². The van der Waals surface area contributed by atoms with Gasteiger partial charge < -0.3 is 14.7 Å². The van der Waals surface area contributed by atoms with Gasteiger partial charge in [-0.05, 0) is 44.3 Å². The van der Waals surface area contributed by atoms with Crippen LogP contribution in [-0.4, -0.2) is 67.4 Å². The molecule has 2 aliphatic rings. The van der Waals surface area contributed by atoms with Crippen molar-refractivity contribution in [1.82, 2.24) is 14.7 Å². The molecule has 1 aliphatic carbocycles. The molecule has 1 aromatic rings. The summed E-state index contributed by atoms with van der Waals surface area (Å²) in [6.07, 6.45) is 3.43. The molecule has 1 saturated carbocycles. The molecule has 1 saturated heterocycles. The molecule has 0 bridgehead atoms. The van der Waals surface area contributed by atoms with E-state index in [9.17, 15) is 4.79 Å². The highest BCUT2D eigenvalue weighted by Gasteiger charge is 2.43. The number of rotatable bonds is 7. The van der Waals surface area contributed by atoms with Gasteiger partial charge in [0.25, 0.3) is 0 Å². The summed E-state index contributed by atoms with van der Waals surface area (Å²) >= 11 is 0. The van der Waals surface area contributed by atoms with Gasteiger partial charge in [-0.25, -0.2) is 0 Å². The van der Waals surface area contributed by atoms with Gasteiger partial charge in [0.2, 0.25) is 5.91 Å². The van der Waals surface area contributed by atoms with Crippen LogP contribution in [0.3, 0.4) is 0 Å². The Bertz CT molecular complexity index is 531. The molecule has 24 heavy (non-hydrogen) atoms. The summed E-state index contributed by atoms with van der Waals surface area (Å²) in [7, 11) is 6.31. The molecule has 1 amide bonds. The highest BCUT2D eigenvalue weighted by Crippen LogP contribution is 2.42. The molecule has 4 heteroatoms. The molecular weight excluding hydrogens is 298 g/mol. The van der Waals surface area contributed by atoms with E-state index in [0.29, 0.717) is 19.0 Å². The summed E-state index contributed by atoms with van der Waals surface area (Å²) in [4.78, 5) is 19.2. The van der Waals surface area contributed by atoms with Gasteiger partial charge in [0, 0.05) is 45.7 Å². The second-order valence-corrected chi connectivity index (χ2v) is 7.78. The molecule has 0 unspecified atom stereocenters. The highest BCUT2D eigenvalue weighted by atomic mass is 16.2. The van der Waals surface area contributed by atoms with Gasteiger partial charge in [0.05, 0.1) is 0 Å². The van der Waals surface area contributed by atoms with E-state index in [4.69, 9.17) is 0 Å². The van der Waals surface area contributed by atoms with Crippen molar-refractivity contribution in [2.24, 2.45) is 11.8 Å². The van der Waals surface area contributed by atoms with Crippen LogP contribution in [-0.2, 0) is 11.3 Å². The van der Waals surface area contributed by atoms with Crippen molar-refractivity contribution in [3.8, 4) is 0 Å². The van der Waals surface area contributed by atoms with E-state index in [1.807, 2.05) is 30.1 Å². The third-order valence-electron chi connectivity index (χ3n) is 5.63. The van der Waals surface area contributed by atoms with Gasteiger partial charge in [-0.3, -0.25) is 4.79 Å². The van der Waals surface area contributed by atoms with Crippen LogP contribution < -0.4 is 0 Å². The Balaban J connectivity index is 1.46. The lowest BCUT2D eigenvalue weighted by Crippen LogP contribution is -2.36. The van der Waals surface area contributed by atoms with Crippen LogP contribution in [0.1, 0.15) is 24.8 Å². The number of hydrogen-bond donors (Lipinski definition) is 0. The smallest absolute Gasteiger partial charge is 0.223 e. The van der Waals surface area contributed by atoms with Crippen LogP contribution in [0, 0.1) is 11.8 Å². The van der Waals surface area contributed by atoms with E-state index < -0.39 is 0 Å². The first-order valence-corrected chi connectivity index (χ1v) is 9.21. The molecule has 2 fully saturated rings. The third-order valence-corrected chi connectivity index (χ3v) is 5.63. The molecule has 0 N–H and O–H groups in total. The van der Waals surface area contributed by atoms with Gasteiger partial charge in [-0.15, -0.1) is 0 Å². The first-order valence-electron chi connectivity index (χ1n) is 9.21. The van der Waals surface area contributed by atoms with Gasteiger partial charge in [-0.1, -0.05) is 30.3 Å². The topological polar surface area (TPSA) is 26.8 Å². The number of hydrogen-bond acceptors (Lipinski definition) is 3. The Kier molecular flexibility index (Phi) is 5.57. The first-order chi connectivity index (χ1) is 11.5. The molecule has 0 spiro atoms. The van der Waals surface area contributed by atoms with Gasteiger partial charge >= 0.3 is 0 Å². The van der Waals surface area contributed by atoms with E-state index in [0.717, 1.165) is 24.9 Å². The van der Waals surface area contributed by atoms with Crippen molar-refractivity contribution in [3.63, 3.8) is 0 Å². The Morgan fingerprint density at radius 3 is 2.46 bits per heavy atom. The van der Waals surface area contributed by atoms with Crippen molar-refractivity contribution < 1.29 is 4.79 Å². The predicted octanol–water partition coefficient (Wildman–Crippen LogP) is 2.31. The minimum Gasteiger partial charge on any atom is -0.341 e. The average Bonchev–Trinajstić information content (AvgIpc) is 3.32. The molecule has 1 heterocycles. The summed E-state index contributed by atoms with van der Waals surface area (Å²) in [5, 5.41) is 0. The molecule has 1 aliphatic heterocycles.